The number of nitrogen functional groups attached to an aromatic ring is 1. The first kappa shape index (κ1) is 15.6. The summed E-state index contributed by atoms with van der Waals surface area (Å²) in [7, 11) is 3.42. The lowest BCUT2D eigenvalue weighted by Crippen LogP contribution is -2.38. The SMILES string of the molecule is COC(=O)c1c(N2CCCN(C)CC2C)sc(C#N)c1N. The van der Waals surface area contributed by atoms with E-state index in [9.17, 15) is 10.1 Å². The number of methoxy groups -OCH3 is 1. The number of carbonyl (C=O) groups excluding carboxylic acids is 1. The second-order valence-corrected chi connectivity index (χ2v) is 6.29. The van der Waals surface area contributed by atoms with Crippen LogP contribution in [0.5, 0.6) is 0 Å². The molecule has 0 bridgehead atoms. The van der Waals surface area contributed by atoms with Crippen molar-refractivity contribution in [1.29, 1.82) is 5.26 Å². The van der Waals surface area contributed by atoms with Crippen molar-refractivity contribution in [3.05, 3.63) is 10.4 Å². The number of likely N-dealkylation sites (N-methyl/N-ethyl adjacent to an activating group) is 1. The summed E-state index contributed by atoms with van der Waals surface area (Å²) in [4.78, 5) is 16.8. The molecular weight excluding hydrogens is 288 g/mol. The van der Waals surface area contributed by atoms with Crippen LogP contribution in [0.3, 0.4) is 0 Å². The number of rotatable bonds is 2. The summed E-state index contributed by atoms with van der Waals surface area (Å²) < 4.78 is 4.84. The zero-order valence-electron chi connectivity index (χ0n) is 12.5. The Bertz CT molecular complexity index is 578. The largest absolute Gasteiger partial charge is 0.465 e. The lowest BCUT2D eigenvalue weighted by atomic mass is 10.2. The number of ether oxygens (including phenoxy) is 1. The van der Waals surface area contributed by atoms with Crippen LogP contribution >= 0.6 is 11.3 Å². The van der Waals surface area contributed by atoms with Crippen molar-refractivity contribution in [2.24, 2.45) is 0 Å². The molecule has 1 aliphatic heterocycles. The van der Waals surface area contributed by atoms with Gasteiger partial charge in [0.25, 0.3) is 0 Å². The second-order valence-electron chi connectivity index (χ2n) is 5.29. The fraction of sp³-hybridized carbons (Fsp3) is 0.571. The van der Waals surface area contributed by atoms with Crippen LogP contribution in [-0.2, 0) is 4.74 Å². The molecule has 1 fully saturated rings. The maximum Gasteiger partial charge on any atom is 0.343 e. The van der Waals surface area contributed by atoms with Crippen LogP contribution in [0.15, 0.2) is 0 Å². The normalized spacial score (nSPS) is 19.9. The zero-order chi connectivity index (χ0) is 15.6. The van der Waals surface area contributed by atoms with Gasteiger partial charge in [-0.25, -0.2) is 4.79 Å². The van der Waals surface area contributed by atoms with Crippen LogP contribution in [-0.4, -0.2) is 50.7 Å². The van der Waals surface area contributed by atoms with Crippen LogP contribution in [0.1, 0.15) is 28.6 Å². The van der Waals surface area contributed by atoms with E-state index in [1.807, 2.05) is 0 Å². The third-order valence-corrected chi connectivity index (χ3v) is 4.87. The molecule has 0 saturated carbocycles. The van der Waals surface area contributed by atoms with Gasteiger partial charge in [-0.2, -0.15) is 5.26 Å². The minimum Gasteiger partial charge on any atom is -0.465 e. The van der Waals surface area contributed by atoms with E-state index in [4.69, 9.17) is 10.5 Å². The first-order valence-corrected chi connectivity index (χ1v) is 7.67. The zero-order valence-corrected chi connectivity index (χ0v) is 13.4. The van der Waals surface area contributed by atoms with Crippen LogP contribution in [0.2, 0.25) is 0 Å². The van der Waals surface area contributed by atoms with E-state index < -0.39 is 5.97 Å². The van der Waals surface area contributed by atoms with Gasteiger partial charge in [-0.05, 0) is 26.9 Å². The summed E-state index contributed by atoms with van der Waals surface area (Å²) in [6, 6.07) is 2.30. The molecule has 2 rings (SSSR count). The van der Waals surface area contributed by atoms with E-state index in [1.54, 1.807) is 0 Å². The van der Waals surface area contributed by atoms with Crippen LogP contribution in [0, 0.1) is 11.3 Å². The Labute approximate surface area is 128 Å². The molecule has 0 amide bonds. The first-order valence-electron chi connectivity index (χ1n) is 6.85. The number of carbonyl (C=O) groups is 1. The van der Waals surface area contributed by atoms with E-state index in [-0.39, 0.29) is 11.7 Å². The Morgan fingerprint density at radius 1 is 1.52 bits per heavy atom. The Hall–Kier alpha value is -1.78. The Morgan fingerprint density at radius 3 is 2.86 bits per heavy atom. The highest BCUT2D eigenvalue weighted by atomic mass is 32.1. The van der Waals surface area contributed by atoms with Gasteiger partial charge in [0.2, 0.25) is 0 Å². The molecule has 1 unspecified atom stereocenters. The molecule has 0 aliphatic carbocycles. The summed E-state index contributed by atoms with van der Waals surface area (Å²) in [5.74, 6) is -0.481. The number of hydrogen-bond acceptors (Lipinski definition) is 7. The van der Waals surface area contributed by atoms with Gasteiger partial charge in [0.15, 0.2) is 0 Å². The van der Waals surface area contributed by atoms with Gasteiger partial charge < -0.3 is 20.3 Å². The standard InChI is InChI=1S/C14H20N4O2S/c1-9-8-17(2)5-4-6-18(9)13-11(14(19)20-3)12(16)10(7-15)21-13/h9H,4-6,8,16H2,1-3H3. The molecule has 1 saturated heterocycles. The number of hydrogen-bond donors (Lipinski definition) is 1. The van der Waals surface area contributed by atoms with E-state index in [0.29, 0.717) is 10.4 Å². The maximum absolute atomic E-state index is 12.0. The van der Waals surface area contributed by atoms with Gasteiger partial charge in [-0.15, -0.1) is 11.3 Å². The van der Waals surface area contributed by atoms with Gasteiger partial charge >= 0.3 is 5.97 Å². The van der Waals surface area contributed by atoms with E-state index in [1.165, 1.54) is 18.4 Å². The molecule has 1 atom stereocenters. The quantitative estimate of drug-likeness (QED) is 0.834. The number of nitriles is 1. The molecule has 6 nitrogen and oxygen atoms in total. The van der Waals surface area contributed by atoms with Crippen LogP contribution in [0.4, 0.5) is 10.7 Å². The van der Waals surface area contributed by atoms with Crippen molar-refractivity contribution in [2.75, 3.05) is 44.4 Å². The number of thiophene rings is 1. The highest BCUT2D eigenvalue weighted by molar-refractivity contribution is 7.17. The van der Waals surface area contributed by atoms with Gasteiger partial charge in [-0.3, -0.25) is 0 Å². The van der Waals surface area contributed by atoms with Crippen molar-refractivity contribution < 1.29 is 9.53 Å². The van der Waals surface area contributed by atoms with Crippen molar-refractivity contribution in [2.45, 2.75) is 19.4 Å². The molecular formula is C14H20N4O2S. The van der Waals surface area contributed by atoms with Crippen molar-refractivity contribution >= 4 is 28.0 Å². The molecule has 0 aromatic carbocycles. The van der Waals surface area contributed by atoms with E-state index in [2.05, 4.69) is 29.8 Å². The third kappa shape index (κ3) is 2.96. The minimum absolute atomic E-state index is 0.231. The molecule has 0 spiro atoms. The molecule has 7 heteroatoms. The van der Waals surface area contributed by atoms with Crippen LogP contribution in [0.25, 0.3) is 0 Å². The van der Waals surface area contributed by atoms with Crippen molar-refractivity contribution in [3.63, 3.8) is 0 Å². The van der Waals surface area contributed by atoms with Crippen LogP contribution < -0.4 is 10.6 Å². The molecule has 2 N–H and O–H groups in total. The monoisotopic (exact) mass is 308 g/mol. The van der Waals surface area contributed by atoms with Crippen molar-refractivity contribution in [1.82, 2.24) is 4.90 Å². The predicted octanol–water partition coefficient (Wildman–Crippen LogP) is 1.52. The molecule has 114 valence electrons. The summed E-state index contributed by atoms with van der Waals surface area (Å²) in [6.45, 7) is 4.87. The summed E-state index contributed by atoms with van der Waals surface area (Å²) in [6.07, 6.45) is 1.00. The lowest BCUT2D eigenvalue weighted by molar-refractivity contribution is 0.0603. The second kappa shape index (κ2) is 6.33. The lowest BCUT2D eigenvalue weighted by Gasteiger charge is -2.29. The fourth-order valence-corrected chi connectivity index (χ4v) is 3.82. The Kier molecular flexibility index (Phi) is 4.70. The van der Waals surface area contributed by atoms with Crippen molar-refractivity contribution in [3.8, 4) is 6.07 Å². The van der Waals surface area contributed by atoms with Gasteiger partial charge in [0.1, 0.15) is 21.5 Å². The highest BCUT2D eigenvalue weighted by Gasteiger charge is 2.30. The minimum atomic E-state index is -0.481. The number of nitrogens with zero attached hydrogens (tertiary/aromatic N) is 3. The summed E-state index contributed by atoms with van der Waals surface area (Å²) in [5, 5.41) is 9.92. The molecule has 0 radical (unpaired) electrons. The summed E-state index contributed by atoms with van der Waals surface area (Å²) in [5.41, 5.74) is 6.52. The topological polar surface area (TPSA) is 82.6 Å². The fourth-order valence-electron chi connectivity index (χ4n) is 2.69. The maximum atomic E-state index is 12.0. The molecule has 21 heavy (non-hydrogen) atoms. The Balaban J connectivity index is 2.47. The average Bonchev–Trinajstić information content (AvgIpc) is 2.68. The molecule has 1 aromatic heterocycles. The highest BCUT2D eigenvalue weighted by Crippen LogP contribution is 2.39. The first-order chi connectivity index (χ1) is 9.99. The Morgan fingerprint density at radius 2 is 2.24 bits per heavy atom. The third-order valence-electron chi connectivity index (χ3n) is 3.73. The average molecular weight is 308 g/mol. The number of anilines is 2. The number of esters is 1. The van der Waals surface area contributed by atoms with Gasteiger partial charge in [0, 0.05) is 19.1 Å². The molecule has 2 heterocycles. The predicted molar refractivity (Wildman–Crippen MR) is 83.7 cm³/mol. The van der Waals surface area contributed by atoms with Gasteiger partial charge in [0.05, 0.1) is 12.8 Å². The molecule has 1 aliphatic rings. The van der Waals surface area contributed by atoms with E-state index in [0.717, 1.165) is 31.1 Å². The number of nitrogens with two attached hydrogens (primary N) is 1. The van der Waals surface area contributed by atoms with E-state index >= 15 is 0 Å². The summed E-state index contributed by atoms with van der Waals surface area (Å²) >= 11 is 1.27. The van der Waals surface area contributed by atoms with Gasteiger partial charge in [-0.1, -0.05) is 0 Å². The molecule has 1 aromatic rings. The smallest absolute Gasteiger partial charge is 0.343 e.